The fourth-order valence-electron chi connectivity index (χ4n) is 3.53. The molecule has 4 nitrogen and oxygen atoms in total. The van der Waals surface area contributed by atoms with Crippen LogP contribution in [0.3, 0.4) is 0 Å². The van der Waals surface area contributed by atoms with Gasteiger partial charge in [-0.1, -0.05) is 23.7 Å². The lowest BCUT2D eigenvalue weighted by atomic mass is 9.98. The average Bonchev–Trinajstić information content (AvgIpc) is 3.11. The van der Waals surface area contributed by atoms with Crippen molar-refractivity contribution >= 4 is 23.3 Å². The third-order valence-electron chi connectivity index (χ3n) is 4.79. The number of likely N-dealkylation sites (tertiary alicyclic amines) is 1. The molecular weight excluding hydrogens is 343 g/mol. The third kappa shape index (κ3) is 3.16. The maximum Gasteiger partial charge on any atom is 0.324 e. The number of amides is 2. The highest BCUT2D eigenvalue weighted by Gasteiger charge is 2.33. The number of urea groups is 1. The van der Waals surface area contributed by atoms with Crippen molar-refractivity contribution < 1.29 is 13.9 Å². The normalized spacial score (nSPS) is 19.5. The van der Waals surface area contributed by atoms with E-state index in [9.17, 15) is 9.18 Å². The minimum absolute atomic E-state index is 0.0503. The van der Waals surface area contributed by atoms with E-state index >= 15 is 0 Å². The smallest absolute Gasteiger partial charge is 0.324 e. The molecule has 0 saturated carbocycles. The molecule has 1 fully saturated rings. The molecule has 0 N–H and O–H groups in total. The van der Waals surface area contributed by atoms with Crippen LogP contribution in [0.1, 0.15) is 17.9 Å². The van der Waals surface area contributed by atoms with Crippen molar-refractivity contribution in [3.05, 3.63) is 58.9 Å². The molecule has 2 amide bonds. The summed E-state index contributed by atoms with van der Waals surface area (Å²) in [5.74, 6) is 0.600. The van der Waals surface area contributed by atoms with Gasteiger partial charge in [0.05, 0.1) is 12.2 Å². The minimum Gasteiger partial charge on any atom is -0.490 e. The first-order valence-electron chi connectivity index (χ1n) is 8.36. The van der Waals surface area contributed by atoms with Gasteiger partial charge in [-0.2, -0.15) is 0 Å². The van der Waals surface area contributed by atoms with Gasteiger partial charge in [0.2, 0.25) is 0 Å². The van der Waals surface area contributed by atoms with Crippen LogP contribution in [-0.2, 0) is 0 Å². The lowest BCUT2D eigenvalue weighted by molar-refractivity contribution is 0.209. The largest absolute Gasteiger partial charge is 0.490 e. The monoisotopic (exact) mass is 360 g/mol. The Bertz CT molecular complexity index is 814. The number of benzene rings is 2. The van der Waals surface area contributed by atoms with Crippen molar-refractivity contribution in [3.8, 4) is 5.75 Å². The maximum atomic E-state index is 13.5. The van der Waals surface area contributed by atoms with Gasteiger partial charge in [0.25, 0.3) is 0 Å². The summed E-state index contributed by atoms with van der Waals surface area (Å²) in [6, 6.07) is 11.9. The van der Waals surface area contributed by atoms with Crippen LogP contribution in [-0.4, -0.2) is 37.2 Å². The van der Waals surface area contributed by atoms with Gasteiger partial charge in [-0.3, -0.25) is 4.90 Å². The van der Waals surface area contributed by atoms with Crippen molar-refractivity contribution in [1.82, 2.24) is 4.90 Å². The Labute approximate surface area is 150 Å². The standard InChI is InChI=1S/C19H18ClFN2O2/c20-15-4-5-18-17(11-15)23(8-9-25-18)19(24)22-7-6-14(12-22)13-2-1-3-16(21)10-13/h1-5,10-11,14H,6-9,12H2. The van der Waals surface area contributed by atoms with E-state index in [-0.39, 0.29) is 17.8 Å². The second kappa shape index (κ2) is 6.56. The Morgan fingerprint density at radius 2 is 2.08 bits per heavy atom. The van der Waals surface area contributed by atoms with Crippen LogP contribution < -0.4 is 9.64 Å². The summed E-state index contributed by atoms with van der Waals surface area (Å²) in [7, 11) is 0. The van der Waals surface area contributed by atoms with E-state index in [1.165, 1.54) is 6.07 Å². The SMILES string of the molecule is O=C(N1CCC(c2cccc(F)c2)C1)N1CCOc2ccc(Cl)cc21. The Hall–Kier alpha value is -2.27. The fraction of sp³-hybridized carbons (Fsp3) is 0.316. The van der Waals surface area contributed by atoms with E-state index < -0.39 is 0 Å². The summed E-state index contributed by atoms with van der Waals surface area (Å²) in [4.78, 5) is 16.5. The molecule has 0 bridgehead atoms. The molecule has 4 rings (SSSR count). The van der Waals surface area contributed by atoms with Gasteiger partial charge in [0, 0.05) is 24.0 Å². The Morgan fingerprint density at radius 1 is 1.20 bits per heavy atom. The Balaban J connectivity index is 1.52. The second-order valence-electron chi connectivity index (χ2n) is 6.38. The maximum absolute atomic E-state index is 13.5. The van der Waals surface area contributed by atoms with E-state index in [4.69, 9.17) is 16.3 Å². The lowest BCUT2D eigenvalue weighted by Crippen LogP contribution is -2.45. The first-order valence-corrected chi connectivity index (χ1v) is 8.74. The number of halogens is 2. The van der Waals surface area contributed by atoms with E-state index in [0.29, 0.717) is 42.7 Å². The number of carbonyl (C=O) groups excluding carboxylic acids is 1. The van der Waals surface area contributed by atoms with Crippen LogP contribution >= 0.6 is 11.6 Å². The van der Waals surface area contributed by atoms with Crippen LogP contribution in [0.5, 0.6) is 5.75 Å². The summed E-state index contributed by atoms with van der Waals surface area (Å²) >= 11 is 6.08. The van der Waals surface area contributed by atoms with Gasteiger partial charge >= 0.3 is 6.03 Å². The van der Waals surface area contributed by atoms with E-state index in [0.717, 1.165) is 12.0 Å². The van der Waals surface area contributed by atoms with Crippen LogP contribution in [0.4, 0.5) is 14.9 Å². The summed E-state index contributed by atoms with van der Waals surface area (Å²) < 4.78 is 19.1. The zero-order chi connectivity index (χ0) is 17.4. The number of anilines is 1. The number of fused-ring (bicyclic) bond motifs is 1. The average molecular weight is 361 g/mol. The van der Waals surface area contributed by atoms with Crippen LogP contribution in [0.25, 0.3) is 0 Å². The topological polar surface area (TPSA) is 32.8 Å². The van der Waals surface area contributed by atoms with Crippen molar-refractivity contribution in [2.75, 3.05) is 31.1 Å². The number of nitrogens with zero attached hydrogens (tertiary/aromatic N) is 2. The molecule has 0 spiro atoms. The molecule has 2 aliphatic rings. The van der Waals surface area contributed by atoms with Crippen LogP contribution in [0.15, 0.2) is 42.5 Å². The molecule has 2 heterocycles. The predicted octanol–water partition coefficient (Wildman–Crippen LogP) is 4.29. The molecule has 25 heavy (non-hydrogen) atoms. The lowest BCUT2D eigenvalue weighted by Gasteiger charge is -2.32. The minimum atomic E-state index is -0.237. The van der Waals surface area contributed by atoms with Crippen LogP contribution in [0, 0.1) is 5.82 Å². The summed E-state index contributed by atoms with van der Waals surface area (Å²) in [6.07, 6.45) is 0.835. The quantitative estimate of drug-likeness (QED) is 0.760. The van der Waals surface area contributed by atoms with Gasteiger partial charge < -0.3 is 9.64 Å². The van der Waals surface area contributed by atoms with Gasteiger partial charge in [-0.15, -0.1) is 0 Å². The number of carbonyl (C=O) groups is 1. The van der Waals surface area contributed by atoms with Gasteiger partial charge in [-0.05, 0) is 42.3 Å². The summed E-state index contributed by atoms with van der Waals surface area (Å²) in [5, 5.41) is 0.570. The molecule has 130 valence electrons. The molecule has 0 aliphatic carbocycles. The highest BCUT2D eigenvalue weighted by molar-refractivity contribution is 6.31. The Morgan fingerprint density at radius 3 is 2.92 bits per heavy atom. The molecule has 2 aromatic carbocycles. The van der Waals surface area contributed by atoms with Crippen molar-refractivity contribution in [2.24, 2.45) is 0 Å². The van der Waals surface area contributed by atoms with Crippen molar-refractivity contribution in [2.45, 2.75) is 12.3 Å². The molecule has 1 unspecified atom stereocenters. The van der Waals surface area contributed by atoms with Crippen LogP contribution in [0.2, 0.25) is 5.02 Å². The number of hydrogen-bond acceptors (Lipinski definition) is 2. The molecule has 2 aromatic rings. The Kier molecular flexibility index (Phi) is 4.25. The predicted molar refractivity (Wildman–Crippen MR) is 95.0 cm³/mol. The number of rotatable bonds is 1. The molecule has 0 radical (unpaired) electrons. The molecule has 0 aromatic heterocycles. The van der Waals surface area contributed by atoms with E-state index in [1.54, 1.807) is 35.2 Å². The fourth-order valence-corrected chi connectivity index (χ4v) is 3.69. The van der Waals surface area contributed by atoms with Crippen molar-refractivity contribution in [1.29, 1.82) is 0 Å². The van der Waals surface area contributed by atoms with E-state index in [1.807, 2.05) is 11.0 Å². The second-order valence-corrected chi connectivity index (χ2v) is 6.82. The summed E-state index contributed by atoms with van der Waals surface area (Å²) in [6.45, 7) is 2.21. The molecule has 2 aliphatic heterocycles. The molecule has 6 heteroatoms. The third-order valence-corrected chi connectivity index (χ3v) is 5.03. The van der Waals surface area contributed by atoms with Crippen molar-refractivity contribution in [3.63, 3.8) is 0 Å². The molecular formula is C19H18ClFN2O2. The number of ether oxygens (including phenoxy) is 1. The number of hydrogen-bond donors (Lipinski definition) is 0. The molecule has 1 atom stereocenters. The van der Waals surface area contributed by atoms with Gasteiger partial charge in [0.1, 0.15) is 18.2 Å². The zero-order valence-corrected chi connectivity index (χ0v) is 14.4. The molecule has 1 saturated heterocycles. The highest BCUT2D eigenvalue weighted by atomic mass is 35.5. The van der Waals surface area contributed by atoms with Gasteiger partial charge in [0.15, 0.2) is 0 Å². The zero-order valence-electron chi connectivity index (χ0n) is 13.6. The first kappa shape index (κ1) is 16.2. The van der Waals surface area contributed by atoms with E-state index in [2.05, 4.69) is 0 Å². The first-order chi connectivity index (χ1) is 12.1. The summed E-state index contributed by atoms with van der Waals surface area (Å²) in [5.41, 5.74) is 1.65. The van der Waals surface area contributed by atoms with Gasteiger partial charge in [-0.25, -0.2) is 9.18 Å². The highest BCUT2D eigenvalue weighted by Crippen LogP contribution is 2.36.